The van der Waals surface area contributed by atoms with Crippen molar-refractivity contribution in [3.63, 3.8) is 0 Å². The normalized spacial score (nSPS) is 22.5. The van der Waals surface area contributed by atoms with Crippen molar-refractivity contribution < 1.29 is 17.9 Å². The van der Waals surface area contributed by atoms with Crippen LogP contribution in [0.5, 0.6) is 0 Å². The van der Waals surface area contributed by atoms with Gasteiger partial charge in [-0.3, -0.25) is 4.79 Å². The fourth-order valence-electron chi connectivity index (χ4n) is 1.60. The van der Waals surface area contributed by atoms with Gasteiger partial charge in [0, 0.05) is 0 Å². The highest BCUT2D eigenvalue weighted by molar-refractivity contribution is 7.91. The highest BCUT2D eigenvalue weighted by Crippen LogP contribution is 2.21. The molecule has 1 saturated heterocycles. The van der Waals surface area contributed by atoms with E-state index in [4.69, 9.17) is 5.73 Å². The Kier molecular flexibility index (Phi) is 5.55. The van der Waals surface area contributed by atoms with Gasteiger partial charge in [0.15, 0.2) is 0 Å². The van der Waals surface area contributed by atoms with Crippen molar-refractivity contribution in [2.75, 3.05) is 18.6 Å². The van der Waals surface area contributed by atoms with Crippen molar-refractivity contribution in [2.45, 2.75) is 18.9 Å². The Labute approximate surface area is 95.7 Å². The van der Waals surface area contributed by atoms with E-state index in [2.05, 4.69) is 4.74 Å². The molecule has 2 N–H and O–H groups in total. The van der Waals surface area contributed by atoms with E-state index in [1.807, 2.05) is 0 Å². The smallest absolute Gasteiger partial charge is 0.322 e. The number of carbonyl (C=O) groups is 1. The van der Waals surface area contributed by atoms with E-state index in [1.165, 1.54) is 7.11 Å². The first kappa shape index (κ1) is 14.7. The third kappa shape index (κ3) is 3.96. The lowest BCUT2D eigenvalue weighted by Crippen LogP contribution is -2.42. The molecular weight excluding hydrogens is 242 g/mol. The fraction of sp³-hybridized carbons (Fsp3) is 0.875. The Balaban J connectivity index is 0.00000196. The van der Waals surface area contributed by atoms with Gasteiger partial charge in [0.1, 0.15) is 15.9 Å². The molecule has 0 saturated carbocycles. The third-order valence-corrected chi connectivity index (χ3v) is 4.30. The molecule has 0 aromatic rings. The summed E-state index contributed by atoms with van der Waals surface area (Å²) in [7, 11) is -1.61. The van der Waals surface area contributed by atoms with E-state index in [-0.39, 0.29) is 29.8 Å². The van der Waals surface area contributed by atoms with Gasteiger partial charge in [0.2, 0.25) is 0 Å². The average molecular weight is 258 g/mol. The minimum Gasteiger partial charge on any atom is -0.468 e. The van der Waals surface area contributed by atoms with Crippen molar-refractivity contribution in [3.05, 3.63) is 0 Å². The highest BCUT2D eigenvalue weighted by Gasteiger charge is 2.31. The second kappa shape index (κ2) is 5.67. The standard InChI is InChI=1S/C8H15NO4S.ClH/c1-13-8(10)7(9)6-2-4-14(11,12)5-3-6;/h6-7H,2-5,9H2,1H3;1H. The zero-order chi connectivity index (χ0) is 10.8. The zero-order valence-electron chi connectivity index (χ0n) is 8.51. The van der Waals surface area contributed by atoms with Crippen molar-refractivity contribution in [1.29, 1.82) is 0 Å². The molecule has 0 aromatic heterocycles. The number of methoxy groups -OCH3 is 1. The van der Waals surface area contributed by atoms with Crippen LogP contribution in [0.15, 0.2) is 0 Å². The summed E-state index contributed by atoms with van der Waals surface area (Å²) in [5.41, 5.74) is 5.62. The molecule has 1 atom stereocenters. The average Bonchev–Trinajstić information content (AvgIpc) is 2.15. The molecule has 0 spiro atoms. The predicted octanol–water partition coefficient (Wildman–Crippen LogP) is -0.267. The Morgan fingerprint density at radius 1 is 1.40 bits per heavy atom. The lowest BCUT2D eigenvalue weighted by Gasteiger charge is -2.25. The Bertz CT molecular complexity index is 303. The molecule has 1 aliphatic rings. The van der Waals surface area contributed by atoms with Gasteiger partial charge in [-0.25, -0.2) is 8.42 Å². The summed E-state index contributed by atoms with van der Waals surface area (Å²) < 4.78 is 26.7. The lowest BCUT2D eigenvalue weighted by atomic mass is 9.94. The van der Waals surface area contributed by atoms with E-state index in [0.29, 0.717) is 12.8 Å². The topological polar surface area (TPSA) is 86.5 Å². The van der Waals surface area contributed by atoms with Gasteiger partial charge >= 0.3 is 5.97 Å². The van der Waals surface area contributed by atoms with Gasteiger partial charge in [-0.05, 0) is 18.8 Å². The van der Waals surface area contributed by atoms with Gasteiger partial charge < -0.3 is 10.5 Å². The maximum atomic E-state index is 11.1. The van der Waals surface area contributed by atoms with Crippen LogP contribution < -0.4 is 5.73 Å². The van der Waals surface area contributed by atoms with Gasteiger partial charge in [0.05, 0.1) is 18.6 Å². The predicted molar refractivity (Wildman–Crippen MR) is 58.6 cm³/mol. The highest BCUT2D eigenvalue weighted by atomic mass is 35.5. The molecule has 1 rings (SSSR count). The van der Waals surface area contributed by atoms with Crippen LogP contribution in [0.4, 0.5) is 0 Å². The van der Waals surface area contributed by atoms with E-state index in [1.54, 1.807) is 0 Å². The first-order chi connectivity index (χ1) is 6.46. The van der Waals surface area contributed by atoms with E-state index >= 15 is 0 Å². The summed E-state index contributed by atoms with van der Waals surface area (Å²) in [5, 5.41) is 0. The number of halogens is 1. The summed E-state index contributed by atoms with van der Waals surface area (Å²) in [6.07, 6.45) is 0.914. The summed E-state index contributed by atoms with van der Waals surface area (Å²) >= 11 is 0. The van der Waals surface area contributed by atoms with E-state index in [0.717, 1.165) is 0 Å². The molecule has 1 aliphatic heterocycles. The lowest BCUT2D eigenvalue weighted by molar-refractivity contribution is -0.143. The maximum Gasteiger partial charge on any atom is 0.322 e. The number of rotatable bonds is 2. The summed E-state index contributed by atoms with van der Waals surface area (Å²) in [6.45, 7) is 0. The van der Waals surface area contributed by atoms with Crippen molar-refractivity contribution in [3.8, 4) is 0 Å². The minimum absolute atomic E-state index is 0. The molecule has 0 aliphatic carbocycles. The summed E-state index contributed by atoms with van der Waals surface area (Å²) in [6, 6.07) is -0.685. The fourth-order valence-corrected chi connectivity index (χ4v) is 3.12. The molecule has 1 fully saturated rings. The van der Waals surface area contributed by atoms with Crippen LogP contribution in [0, 0.1) is 5.92 Å². The molecular formula is C8H16ClNO4S. The van der Waals surface area contributed by atoms with Crippen molar-refractivity contribution in [1.82, 2.24) is 0 Å². The third-order valence-electron chi connectivity index (χ3n) is 2.58. The van der Waals surface area contributed by atoms with Crippen LogP contribution >= 0.6 is 12.4 Å². The number of sulfone groups is 1. The summed E-state index contributed by atoms with van der Waals surface area (Å²) in [5.74, 6) is -0.273. The minimum atomic E-state index is -2.89. The SMILES string of the molecule is COC(=O)C(N)C1CCS(=O)(=O)CC1.Cl. The van der Waals surface area contributed by atoms with Gasteiger partial charge in [-0.2, -0.15) is 0 Å². The molecule has 7 heteroatoms. The van der Waals surface area contributed by atoms with E-state index in [9.17, 15) is 13.2 Å². The van der Waals surface area contributed by atoms with Crippen LogP contribution in [0.2, 0.25) is 0 Å². The maximum absolute atomic E-state index is 11.1. The number of hydrogen-bond donors (Lipinski definition) is 1. The van der Waals surface area contributed by atoms with Crippen LogP contribution in [0.1, 0.15) is 12.8 Å². The molecule has 1 unspecified atom stereocenters. The van der Waals surface area contributed by atoms with Crippen LogP contribution in [-0.4, -0.2) is 39.0 Å². The molecule has 90 valence electrons. The zero-order valence-corrected chi connectivity index (χ0v) is 10.1. The first-order valence-electron chi connectivity index (χ1n) is 4.50. The van der Waals surface area contributed by atoms with Crippen LogP contribution in [0.25, 0.3) is 0 Å². The Morgan fingerprint density at radius 2 is 1.87 bits per heavy atom. The quantitative estimate of drug-likeness (QED) is 0.689. The number of nitrogens with two attached hydrogens (primary N) is 1. The molecule has 0 aromatic carbocycles. The van der Waals surface area contributed by atoms with Gasteiger partial charge in [-0.1, -0.05) is 0 Å². The number of esters is 1. The van der Waals surface area contributed by atoms with Crippen LogP contribution in [-0.2, 0) is 19.4 Å². The molecule has 1 heterocycles. The second-order valence-corrected chi connectivity index (χ2v) is 5.84. The van der Waals surface area contributed by atoms with Gasteiger partial charge in [0.25, 0.3) is 0 Å². The number of hydrogen-bond acceptors (Lipinski definition) is 5. The molecule has 0 amide bonds. The van der Waals surface area contributed by atoms with E-state index < -0.39 is 21.8 Å². The Hall–Kier alpha value is -0.330. The monoisotopic (exact) mass is 257 g/mol. The molecule has 0 radical (unpaired) electrons. The molecule has 5 nitrogen and oxygen atoms in total. The largest absolute Gasteiger partial charge is 0.468 e. The van der Waals surface area contributed by atoms with Crippen molar-refractivity contribution >= 4 is 28.2 Å². The second-order valence-electron chi connectivity index (χ2n) is 3.54. The first-order valence-corrected chi connectivity index (χ1v) is 6.32. The Morgan fingerprint density at radius 3 is 2.27 bits per heavy atom. The summed E-state index contributed by atoms with van der Waals surface area (Å²) in [4.78, 5) is 11.1. The van der Waals surface area contributed by atoms with Gasteiger partial charge in [-0.15, -0.1) is 12.4 Å². The molecule has 15 heavy (non-hydrogen) atoms. The number of carbonyl (C=O) groups excluding carboxylic acids is 1. The molecule has 0 bridgehead atoms. The van der Waals surface area contributed by atoms with Crippen LogP contribution in [0.3, 0.4) is 0 Å². The number of ether oxygens (including phenoxy) is 1. The van der Waals surface area contributed by atoms with Crippen molar-refractivity contribution in [2.24, 2.45) is 11.7 Å².